The summed E-state index contributed by atoms with van der Waals surface area (Å²) in [5.74, 6) is 0.476. The van der Waals surface area contributed by atoms with Crippen molar-refractivity contribution in [1.82, 2.24) is 20.6 Å². The number of nitrogens with one attached hydrogen (secondary N) is 2. The minimum Gasteiger partial charge on any atom is -0.374 e. The smallest absolute Gasteiger partial charge is 0.271 e. The lowest BCUT2D eigenvalue weighted by Crippen LogP contribution is -2.09. The zero-order chi connectivity index (χ0) is 13.1. The van der Waals surface area contributed by atoms with Crippen molar-refractivity contribution in [3.8, 4) is 0 Å². The van der Waals surface area contributed by atoms with Gasteiger partial charge in [-0.25, -0.2) is 0 Å². The summed E-state index contributed by atoms with van der Waals surface area (Å²) < 4.78 is 0. The lowest BCUT2D eigenvalue weighted by Gasteiger charge is -2.12. The molecule has 1 heterocycles. The molecule has 1 aromatic heterocycles. The Bertz CT molecular complexity index is 558. The second-order valence-corrected chi connectivity index (χ2v) is 3.96. The first-order chi connectivity index (χ1) is 8.58. The maximum Gasteiger partial charge on any atom is 0.271 e. The molecule has 94 valence electrons. The molecule has 1 unspecified atom stereocenters. The molecule has 1 atom stereocenters. The summed E-state index contributed by atoms with van der Waals surface area (Å²) in [5, 5.41) is 27.3. The van der Waals surface area contributed by atoms with Crippen LogP contribution in [0.2, 0.25) is 5.02 Å². The highest BCUT2D eigenvalue weighted by Crippen LogP contribution is 2.28. The van der Waals surface area contributed by atoms with Crippen LogP contribution in [0, 0.1) is 10.1 Å². The zero-order valence-corrected chi connectivity index (χ0v) is 10.0. The monoisotopic (exact) mass is 268 g/mol. The summed E-state index contributed by atoms with van der Waals surface area (Å²) in [6.07, 6.45) is 0. The molecule has 0 fully saturated rings. The molecule has 0 saturated carbocycles. The van der Waals surface area contributed by atoms with Crippen molar-refractivity contribution < 1.29 is 4.92 Å². The van der Waals surface area contributed by atoms with Gasteiger partial charge in [0.05, 0.1) is 21.7 Å². The molecule has 2 N–H and O–H groups in total. The van der Waals surface area contributed by atoms with Crippen LogP contribution < -0.4 is 5.32 Å². The summed E-state index contributed by atoms with van der Waals surface area (Å²) in [4.78, 5) is 10.1. The van der Waals surface area contributed by atoms with E-state index in [1.807, 2.05) is 6.92 Å². The molecule has 1 aromatic carbocycles. The summed E-state index contributed by atoms with van der Waals surface area (Å²) in [7, 11) is 0. The number of nitro groups is 1. The van der Waals surface area contributed by atoms with E-state index in [0.29, 0.717) is 11.5 Å². The Labute approximate surface area is 106 Å². The number of anilines is 1. The fraction of sp³-hybridized carbons (Fsp3) is 0.222. The average molecular weight is 269 g/mol. The number of rotatable bonds is 4. The SMILES string of the molecule is CC(Nc1ccc([N+](=O)[O-])cc1Cl)c1nn[nH]n1. The van der Waals surface area contributed by atoms with Gasteiger partial charge in [-0.3, -0.25) is 10.1 Å². The van der Waals surface area contributed by atoms with Gasteiger partial charge in [-0.15, -0.1) is 10.2 Å². The van der Waals surface area contributed by atoms with Crippen molar-refractivity contribution in [3.63, 3.8) is 0 Å². The lowest BCUT2D eigenvalue weighted by atomic mass is 10.2. The highest BCUT2D eigenvalue weighted by molar-refractivity contribution is 6.33. The zero-order valence-electron chi connectivity index (χ0n) is 9.29. The molecular weight excluding hydrogens is 260 g/mol. The fourth-order valence-electron chi connectivity index (χ4n) is 1.39. The minimum absolute atomic E-state index is 0.0576. The molecule has 0 spiro atoms. The molecule has 0 aliphatic rings. The average Bonchev–Trinajstić information content (AvgIpc) is 2.85. The number of nitrogens with zero attached hydrogens (tertiary/aromatic N) is 4. The van der Waals surface area contributed by atoms with E-state index in [1.54, 1.807) is 0 Å². The van der Waals surface area contributed by atoms with E-state index in [0.717, 1.165) is 0 Å². The van der Waals surface area contributed by atoms with Crippen LogP contribution in [0.5, 0.6) is 0 Å². The van der Waals surface area contributed by atoms with Gasteiger partial charge >= 0.3 is 0 Å². The first-order valence-electron chi connectivity index (χ1n) is 5.01. The van der Waals surface area contributed by atoms with Gasteiger partial charge in [0.25, 0.3) is 5.69 Å². The van der Waals surface area contributed by atoms with E-state index >= 15 is 0 Å². The number of aromatic amines is 1. The second-order valence-electron chi connectivity index (χ2n) is 3.56. The van der Waals surface area contributed by atoms with E-state index in [2.05, 4.69) is 25.9 Å². The molecule has 2 rings (SSSR count). The predicted molar refractivity (Wildman–Crippen MR) is 64.3 cm³/mol. The van der Waals surface area contributed by atoms with Crippen LogP contribution in [0.1, 0.15) is 18.8 Å². The number of non-ortho nitro benzene ring substituents is 1. The quantitative estimate of drug-likeness (QED) is 0.648. The van der Waals surface area contributed by atoms with E-state index in [-0.39, 0.29) is 16.8 Å². The summed E-state index contributed by atoms with van der Waals surface area (Å²) >= 11 is 5.95. The lowest BCUT2D eigenvalue weighted by molar-refractivity contribution is -0.384. The number of hydrogen-bond acceptors (Lipinski definition) is 6. The Morgan fingerprint density at radius 1 is 1.56 bits per heavy atom. The van der Waals surface area contributed by atoms with Crippen molar-refractivity contribution in [2.24, 2.45) is 0 Å². The van der Waals surface area contributed by atoms with Crippen LogP contribution in [0.3, 0.4) is 0 Å². The van der Waals surface area contributed by atoms with E-state index < -0.39 is 4.92 Å². The second kappa shape index (κ2) is 4.96. The van der Waals surface area contributed by atoms with Crippen molar-refractivity contribution in [2.45, 2.75) is 13.0 Å². The Balaban J connectivity index is 2.17. The number of halogens is 1. The van der Waals surface area contributed by atoms with Crippen LogP contribution in [0.15, 0.2) is 18.2 Å². The Morgan fingerprint density at radius 3 is 2.89 bits per heavy atom. The van der Waals surface area contributed by atoms with Crippen molar-refractivity contribution in [3.05, 3.63) is 39.2 Å². The van der Waals surface area contributed by atoms with Crippen molar-refractivity contribution in [1.29, 1.82) is 0 Å². The maximum atomic E-state index is 10.6. The molecule has 18 heavy (non-hydrogen) atoms. The van der Waals surface area contributed by atoms with Crippen LogP contribution in [0.4, 0.5) is 11.4 Å². The third kappa shape index (κ3) is 2.54. The summed E-state index contributed by atoms with van der Waals surface area (Å²) in [6, 6.07) is 3.98. The molecule has 0 aliphatic heterocycles. The Hall–Kier alpha value is -2.22. The van der Waals surface area contributed by atoms with Crippen LogP contribution in [-0.2, 0) is 0 Å². The predicted octanol–water partition coefficient (Wildman–Crippen LogP) is 1.93. The number of tetrazole rings is 1. The molecule has 9 heteroatoms. The third-order valence-corrected chi connectivity index (χ3v) is 2.60. The summed E-state index contributed by atoms with van der Waals surface area (Å²) in [5.41, 5.74) is 0.511. The fourth-order valence-corrected chi connectivity index (χ4v) is 1.61. The Morgan fingerprint density at radius 2 is 2.33 bits per heavy atom. The van der Waals surface area contributed by atoms with E-state index in [4.69, 9.17) is 11.6 Å². The van der Waals surface area contributed by atoms with Gasteiger partial charge in [0.1, 0.15) is 0 Å². The highest BCUT2D eigenvalue weighted by atomic mass is 35.5. The first kappa shape index (κ1) is 12.2. The topological polar surface area (TPSA) is 110 Å². The van der Waals surface area contributed by atoms with Gasteiger partial charge in [0.2, 0.25) is 0 Å². The number of aromatic nitrogens is 4. The van der Waals surface area contributed by atoms with E-state index in [1.165, 1.54) is 18.2 Å². The minimum atomic E-state index is -0.502. The van der Waals surface area contributed by atoms with Gasteiger partial charge in [-0.1, -0.05) is 16.8 Å². The number of hydrogen-bond donors (Lipinski definition) is 2. The first-order valence-corrected chi connectivity index (χ1v) is 5.39. The van der Waals surface area contributed by atoms with Crippen molar-refractivity contribution in [2.75, 3.05) is 5.32 Å². The third-order valence-electron chi connectivity index (χ3n) is 2.28. The van der Waals surface area contributed by atoms with E-state index in [9.17, 15) is 10.1 Å². The van der Waals surface area contributed by atoms with Gasteiger partial charge in [-0.05, 0) is 13.0 Å². The van der Waals surface area contributed by atoms with Crippen LogP contribution in [0.25, 0.3) is 0 Å². The standard InChI is InChI=1S/C9H9ClN6O2/c1-5(9-12-14-15-13-9)11-8-3-2-6(16(17)18)4-7(8)10/h2-5,11H,1H3,(H,12,13,14,15). The number of H-pyrrole nitrogens is 1. The van der Waals surface area contributed by atoms with Gasteiger partial charge < -0.3 is 5.32 Å². The molecule has 8 nitrogen and oxygen atoms in total. The molecule has 0 radical (unpaired) electrons. The van der Waals surface area contributed by atoms with Crippen LogP contribution >= 0.6 is 11.6 Å². The van der Waals surface area contributed by atoms with Gasteiger partial charge in [0, 0.05) is 12.1 Å². The largest absolute Gasteiger partial charge is 0.374 e. The Kier molecular flexibility index (Phi) is 3.38. The highest BCUT2D eigenvalue weighted by Gasteiger charge is 2.14. The molecular formula is C9H9ClN6O2. The molecule has 0 bridgehead atoms. The maximum absolute atomic E-state index is 10.6. The number of benzene rings is 1. The molecule has 2 aromatic rings. The summed E-state index contributed by atoms with van der Waals surface area (Å²) in [6.45, 7) is 1.82. The number of nitro benzene ring substituents is 1. The molecule has 0 saturated heterocycles. The van der Waals surface area contributed by atoms with Crippen molar-refractivity contribution >= 4 is 23.0 Å². The van der Waals surface area contributed by atoms with Gasteiger partial charge in [0.15, 0.2) is 5.82 Å². The van der Waals surface area contributed by atoms with Gasteiger partial charge in [-0.2, -0.15) is 5.21 Å². The molecule has 0 amide bonds. The van der Waals surface area contributed by atoms with Crippen LogP contribution in [-0.4, -0.2) is 25.5 Å². The molecule has 0 aliphatic carbocycles. The normalized spacial score (nSPS) is 12.1.